The fourth-order valence-electron chi connectivity index (χ4n) is 5.36. The fourth-order valence-corrected chi connectivity index (χ4v) is 5.87. The van der Waals surface area contributed by atoms with E-state index in [0.717, 1.165) is 71.6 Å². The van der Waals surface area contributed by atoms with Gasteiger partial charge < -0.3 is 10.1 Å². The van der Waals surface area contributed by atoms with Crippen LogP contribution in [0.1, 0.15) is 40.8 Å². The molecule has 3 N–H and O–H groups in total. The second-order valence-electron chi connectivity index (χ2n) is 11.0. The van der Waals surface area contributed by atoms with Crippen molar-refractivity contribution in [1.29, 1.82) is 5.26 Å². The number of sulfonamides is 1. The van der Waals surface area contributed by atoms with Gasteiger partial charge in [-0.3, -0.25) is 9.88 Å². The zero-order valence-electron chi connectivity index (χ0n) is 25.0. The van der Waals surface area contributed by atoms with E-state index in [1.165, 1.54) is 6.08 Å². The predicted molar refractivity (Wildman–Crippen MR) is 170 cm³/mol. The maximum Gasteiger partial charge on any atom is 0.238 e. The molecule has 0 amide bonds. The molecule has 1 aliphatic heterocycles. The number of nitrogens with one attached hydrogen (secondary N) is 1. The Hall–Kier alpha value is -4.63. The quantitative estimate of drug-likeness (QED) is 0.234. The van der Waals surface area contributed by atoms with Gasteiger partial charge >= 0.3 is 0 Å². The molecule has 1 aliphatic rings. The first-order chi connectivity index (χ1) is 21.1. The van der Waals surface area contributed by atoms with Gasteiger partial charge in [0, 0.05) is 49.8 Å². The molecule has 2 aromatic heterocycles. The Morgan fingerprint density at radius 3 is 2.41 bits per heavy atom. The molecule has 10 nitrogen and oxygen atoms in total. The molecule has 0 unspecified atom stereocenters. The highest BCUT2D eigenvalue weighted by Crippen LogP contribution is 2.36. The zero-order chi connectivity index (χ0) is 31.3. The Morgan fingerprint density at radius 2 is 1.77 bits per heavy atom. The van der Waals surface area contributed by atoms with Crippen LogP contribution in [0.25, 0.3) is 17.2 Å². The summed E-state index contributed by atoms with van der Waals surface area (Å²) in [4.78, 5) is 16.3. The van der Waals surface area contributed by atoms with Gasteiger partial charge in [-0.2, -0.15) is 10.2 Å². The second kappa shape index (κ2) is 13.3. The number of anilines is 1. The van der Waals surface area contributed by atoms with E-state index < -0.39 is 10.0 Å². The zero-order valence-corrected chi connectivity index (χ0v) is 25.8. The number of primary sulfonamides is 1. The SMILES string of the molecule is Cc1cc(-c2cnc(NC3CCN(Cc4ccc(S(N)(=O)=O)cc4)CC3)nc2Oc2c(C)cc(C=CC#N)cc2C)ccn1. The Kier molecular flexibility index (Phi) is 9.35. The monoisotopic (exact) mass is 609 g/mol. The van der Waals surface area contributed by atoms with Crippen molar-refractivity contribution in [2.75, 3.05) is 18.4 Å². The van der Waals surface area contributed by atoms with E-state index in [2.05, 4.69) is 20.2 Å². The minimum atomic E-state index is -3.70. The summed E-state index contributed by atoms with van der Waals surface area (Å²) in [5.41, 5.74) is 6.37. The van der Waals surface area contributed by atoms with E-state index in [-0.39, 0.29) is 10.9 Å². The number of benzene rings is 2. The number of rotatable bonds is 9. The largest absolute Gasteiger partial charge is 0.438 e. The summed E-state index contributed by atoms with van der Waals surface area (Å²) < 4.78 is 29.6. The summed E-state index contributed by atoms with van der Waals surface area (Å²) >= 11 is 0. The van der Waals surface area contributed by atoms with Gasteiger partial charge in [0.2, 0.25) is 21.9 Å². The molecular weight excluding hydrogens is 574 g/mol. The third-order valence-corrected chi connectivity index (χ3v) is 8.50. The van der Waals surface area contributed by atoms with E-state index in [0.29, 0.717) is 17.6 Å². The highest BCUT2D eigenvalue weighted by Gasteiger charge is 2.22. The number of nitrogens with zero attached hydrogens (tertiary/aromatic N) is 5. The minimum absolute atomic E-state index is 0.118. The number of nitriles is 1. The molecule has 0 bridgehead atoms. The topological polar surface area (TPSA) is 147 Å². The first-order valence-corrected chi connectivity index (χ1v) is 15.9. The highest BCUT2D eigenvalue weighted by molar-refractivity contribution is 7.89. The Bertz CT molecular complexity index is 1800. The lowest BCUT2D eigenvalue weighted by Crippen LogP contribution is -2.39. The predicted octanol–water partition coefficient (Wildman–Crippen LogP) is 5.52. The summed E-state index contributed by atoms with van der Waals surface area (Å²) in [5, 5.41) is 17.6. The number of piperidine rings is 1. The third kappa shape index (κ3) is 7.65. The van der Waals surface area contributed by atoms with Crippen molar-refractivity contribution in [3.63, 3.8) is 0 Å². The molecule has 0 aliphatic carbocycles. The molecule has 0 radical (unpaired) electrons. The van der Waals surface area contributed by atoms with Gasteiger partial charge in [-0.25, -0.2) is 18.5 Å². The van der Waals surface area contributed by atoms with Gasteiger partial charge in [0.1, 0.15) is 5.75 Å². The van der Waals surface area contributed by atoms with Gasteiger partial charge in [-0.15, -0.1) is 0 Å². The Morgan fingerprint density at radius 1 is 1.07 bits per heavy atom. The third-order valence-electron chi connectivity index (χ3n) is 7.57. The van der Waals surface area contributed by atoms with Crippen molar-refractivity contribution in [2.45, 2.75) is 51.1 Å². The maximum atomic E-state index is 11.5. The van der Waals surface area contributed by atoms with Gasteiger partial charge in [0.25, 0.3) is 0 Å². The van der Waals surface area contributed by atoms with Gasteiger partial charge in [-0.05, 0) is 104 Å². The van der Waals surface area contributed by atoms with Crippen molar-refractivity contribution >= 4 is 22.0 Å². The number of ether oxygens (including phenoxy) is 1. The number of likely N-dealkylation sites (tertiary alicyclic amines) is 1. The van der Waals surface area contributed by atoms with Crippen LogP contribution < -0.4 is 15.2 Å². The lowest BCUT2D eigenvalue weighted by molar-refractivity contribution is 0.211. The van der Waals surface area contributed by atoms with Crippen LogP contribution in [0.2, 0.25) is 0 Å². The number of allylic oxidation sites excluding steroid dienone is 1. The highest BCUT2D eigenvalue weighted by atomic mass is 32.2. The summed E-state index contributed by atoms with van der Waals surface area (Å²) in [6, 6.07) is 16.8. The van der Waals surface area contributed by atoms with E-state index in [9.17, 15) is 8.42 Å². The van der Waals surface area contributed by atoms with Crippen LogP contribution in [0.15, 0.2) is 71.9 Å². The average molecular weight is 610 g/mol. The Balaban J connectivity index is 1.32. The summed E-state index contributed by atoms with van der Waals surface area (Å²) in [6.07, 6.45) is 8.58. The number of nitrogens with two attached hydrogens (primary N) is 1. The van der Waals surface area contributed by atoms with E-state index in [4.69, 9.17) is 20.1 Å². The molecule has 3 heterocycles. The molecule has 0 saturated carbocycles. The van der Waals surface area contributed by atoms with Crippen LogP contribution in [0, 0.1) is 32.1 Å². The van der Waals surface area contributed by atoms with Gasteiger partial charge in [-0.1, -0.05) is 12.1 Å². The van der Waals surface area contributed by atoms with E-state index in [1.54, 1.807) is 30.6 Å². The molecule has 5 rings (SSSR count). The van der Waals surface area contributed by atoms with E-state index in [1.807, 2.05) is 63.2 Å². The number of aryl methyl sites for hydroxylation is 3. The molecule has 11 heteroatoms. The van der Waals surface area contributed by atoms with E-state index >= 15 is 0 Å². The normalized spacial score (nSPS) is 14.4. The average Bonchev–Trinajstić information content (AvgIpc) is 2.99. The van der Waals surface area contributed by atoms with Crippen LogP contribution >= 0.6 is 0 Å². The first kappa shape index (κ1) is 30.8. The maximum absolute atomic E-state index is 11.5. The molecule has 1 fully saturated rings. The molecule has 44 heavy (non-hydrogen) atoms. The van der Waals surface area contributed by atoms with Crippen LogP contribution in [0.3, 0.4) is 0 Å². The van der Waals surface area contributed by atoms with Crippen LogP contribution in [0.4, 0.5) is 5.95 Å². The number of hydrogen-bond donors (Lipinski definition) is 2. The second-order valence-corrected chi connectivity index (χ2v) is 12.6. The molecule has 4 aromatic rings. The van der Waals surface area contributed by atoms with Gasteiger partial charge in [0.05, 0.1) is 16.5 Å². The molecule has 2 aromatic carbocycles. The van der Waals surface area contributed by atoms with Crippen molar-refractivity contribution in [3.05, 3.63) is 94.9 Å². The van der Waals surface area contributed by atoms with Crippen molar-refractivity contribution in [1.82, 2.24) is 19.9 Å². The lowest BCUT2D eigenvalue weighted by atomic mass is 10.0. The molecule has 1 saturated heterocycles. The smallest absolute Gasteiger partial charge is 0.238 e. The van der Waals surface area contributed by atoms with Crippen LogP contribution in [-0.4, -0.2) is 47.4 Å². The molecular formula is C33H35N7O3S. The van der Waals surface area contributed by atoms with Crippen molar-refractivity contribution in [3.8, 4) is 28.8 Å². The minimum Gasteiger partial charge on any atom is -0.438 e. The number of pyridine rings is 1. The van der Waals surface area contributed by atoms with Crippen molar-refractivity contribution in [2.24, 2.45) is 5.14 Å². The van der Waals surface area contributed by atoms with Gasteiger partial charge in [0.15, 0.2) is 0 Å². The summed E-state index contributed by atoms with van der Waals surface area (Å²) in [7, 11) is -3.70. The lowest BCUT2D eigenvalue weighted by Gasteiger charge is -2.32. The van der Waals surface area contributed by atoms with Crippen LogP contribution in [-0.2, 0) is 16.6 Å². The summed E-state index contributed by atoms with van der Waals surface area (Å²) in [5.74, 6) is 1.65. The van der Waals surface area contributed by atoms with Crippen LogP contribution in [0.5, 0.6) is 11.6 Å². The Labute approximate surface area is 258 Å². The number of hydrogen-bond acceptors (Lipinski definition) is 9. The molecule has 0 spiro atoms. The number of aromatic nitrogens is 3. The summed E-state index contributed by atoms with van der Waals surface area (Å²) in [6.45, 7) is 8.37. The molecule has 226 valence electrons. The first-order valence-electron chi connectivity index (χ1n) is 14.3. The standard InChI is InChI=1S/C33H35N7O3S/c1-22-17-26(5-4-13-34)18-23(2)31(22)43-32-30(27-10-14-36-24(3)19-27)20-37-33(39-32)38-28-11-15-40(16-12-28)21-25-6-8-29(9-7-25)44(35,41)42/h4-10,14,17-20,28H,11-12,15-16,21H2,1-3H3,(H2,35,41,42)(H,37,38,39). The molecule has 0 atom stereocenters. The fraction of sp³-hybridized carbons (Fsp3) is 0.273. The van der Waals surface area contributed by atoms with Crippen molar-refractivity contribution < 1.29 is 13.2 Å².